The summed E-state index contributed by atoms with van der Waals surface area (Å²) >= 11 is 0. The van der Waals surface area contributed by atoms with E-state index in [9.17, 15) is 5.11 Å². The van der Waals surface area contributed by atoms with Gasteiger partial charge in [0.05, 0.1) is 0 Å². The first-order valence-electron chi connectivity index (χ1n) is 9.49. The molecule has 0 radical (unpaired) electrons. The van der Waals surface area contributed by atoms with E-state index in [1.165, 1.54) is 11.1 Å². The third-order valence-electron chi connectivity index (χ3n) is 5.03. The van der Waals surface area contributed by atoms with Crippen molar-refractivity contribution in [2.24, 2.45) is 0 Å². The summed E-state index contributed by atoms with van der Waals surface area (Å²) in [6.45, 7) is 8.31. The van der Waals surface area contributed by atoms with Crippen molar-refractivity contribution in [2.75, 3.05) is 5.32 Å². The number of rotatable bonds is 4. The van der Waals surface area contributed by atoms with E-state index in [4.69, 9.17) is 4.98 Å². The monoisotopic (exact) mass is 372 g/mol. The fraction of sp³-hybridized carbons (Fsp3) is 0.217. The molecular formula is C23H24N4O. The summed E-state index contributed by atoms with van der Waals surface area (Å²) in [5, 5.41) is 13.3. The number of fused-ring (bicyclic) bond motifs is 1. The number of anilines is 2. The van der Waals surface area contributed by atoms with Gasteiger partial charge in [-0.2, -0.15) is 0 Å². The molecule has 0 spiro atoms. The molecule has 2 heterocycles. The summed E-state index contributed by atoms with van der Waals surface area (Å²) in [7, 11) is 0. The van der Waals surface area contributed by atoms with Crippen LogP contribution in [0.1, 0.15) is 29.4 Å². The molecule has 2 N–H and O–H groups in total. The van der Waals surface area contributed by atoms with Crippen molar-refractivity contribution < 1.29 is 5.11 Å². The maximum Gasteiger partial charge on any atom is 0.236 e. The third-order valence-corrected chi connectivity index (χ3v) is 5.03. The number of phenolic OH excluding ortho intramolecular Hbond substituents is 1. The Balaban J connectivity index is 1.98. The van der Waals surface area contributed by atoms with Crippen LogP contribution in [0, 0.1) is 20.8 Å². The molecule has 0 aliphatic carbocycles. The van der Waals surface area contributed by atoms with Crippen LogP contribution in [0.4, 0.5) is 11.5 Å². The van der Waals surface area contributed by atoms with Crippen LogP contribution in [0.5, 0.6) is 5.75 Å². The maximum absolute atomic E-state index is 9.68. The second-order valence-electron chi connectivity index (χ2n) is 7.12. The van der Waals surface area contributed by atoms with E-state index in [1.807, 2.05) is 19.1 Å². The van der Waals surface area contributed by atoms with E-state index < -0.39 is 0 Å². The van der Waals surface area contributed by atoms with Gasteiger partial charge in [0.2, 0.25) is 5.78 Å². The zero-order valence-electron chi connectivity index (χ0n) is 16.6. The highest BCUT2D eigenvalue weighted by Gasteiger charge is 2.18. The van der Waals surface area contributed by atoms with Crippen molar-refractivity contribution in [1.82, 2.24) is 14.4 Å². The minimum Gasteiger partial charge on any atom is -0.508 e. The lowest BCUT2D eigenvalue weighted by Crippen LogP contribution is -2.04. The Hall–Kier alpha value is -3.34. The normalized spacial score (nSPS) is 11.1. The highest BCUT2D eigenvalue weighted by atomic mass is 16.3. The van der Waals surface area contributed by atoms with Gasteiger partial charge in [-0.1, -0.05) is 25.1 Å². The fourth-order valence-corrected chi connectivity index (χ4v) is 3.63. The molecule has 0 atom stereocenters. The minimum absolute atomic E-state index is 0.236. The summed E-state index contributed by atoms with van der Waals surface area (Å²) in [4.78, 5) is 9.45. The molecule has 0 saturated heterocycles. The fourth-order valence-electron chi connectivity index (χ4n) is 3.63. The Kier molecular flexibility index (Phi) is 4.51. The van der Waals surface area contributed by atoms with Crippen LogP contribution in [0.3, 0.4) is 0 Å². The Bertz CT molecular complexity index is 1160. The highest BCUT2D eigenvalue weighted by Crippen LogP contribution is 2.34. The third kappa shape index (κ3) is 3.09. The van der Waals surface area contributed by atoms with Gasteiger partial charge in [-0.25, -0.2) is 9.97 Å². The Morgan fingerprint density at radius 3 is 2.46 bits per heavy atom. The number of nitrogens with one attached hydrogen (secondary N) is 1. The first kappa shape index (κ1) is 18.0. The predicted octanol–water partition coefficient (Wildman–Crippen LogP) is 5.33. The average molecular weight is 372 g/mol. The van der Waals surface area contributed by atoms with Crippen molar-refractivity contribution in [1.29, 1.82) is 0 Å². The van der Waals surface area contributed by atoms with Crippen LogP contribution in [-0.4, -0.2) is 19.5 Å². The summed E-state index contributed by atoms with van der Waals surface area (Å²) in [6, 6.07) is 15.5. The Morgan fingerprint density at radius 1 is 1.00 bits per heavy atom. The Labute approximate surface area is 164 Å². The Morgan fingerprint density at radius 2 is 1.75 bits per heavy atom. The number of benzene rings is 2. The zero-order chi connectivity index (χ0) is 19.8. The summed E-state index contributed by atoms with van der Waals surface area (Å²) in [5.74, 6) is 1.78. The molecule has 0 aliphatic heterocycles. The SMILES string of the molecule is CCc1cccc(C)c1Nc1c(-c2ccc(O)cc2)nc2nc(C)cc(C)n12. The van der Waals surface area contributed by atoms with Crippen LogP contribution < -0.4 is 5.32 Å². The van der Waals surface area contributed by atoms with Gasteiger partial charge in [-0.05, 0) is 68.7 Å². The quantitative estimate of drug-likeness (QED) is 0.508. The van der Waals surface area contributed by atoms with E-state index in [0.29, 0.717) is 5.78 Å². The molecule has 0 amide bonds. The van der Waals surface area contributed by atoms with Gasteiger partial charge in [-0.15, -0.1) is 0 Å². The number of aryl methyl sites for hydroxylation is 4. The molecule has 0 aliphatic rings. The molecule has 4 aromatic rings. The van der Waals surface area contributed by atoms with Crippen molar-refractivity contribution in [3.8, 4) is 17.0 Å². The first-order chi connectivity index (χ1) is 13.5. The number of phenols is 1. The van der Waals surface area contributed by atoms with Crippen molar-refractivity contribution >= 4 is 17.3 Å². The standard InChI is InChI=1S/C23H24N4O/c1-5-17-8-6-7-14(2)20(17)25-22-21(18-9-11-19(28)12-10-18)26-23-24-15(3)13-16(4)27(22)23/h6-13,25,28H,5H2,1-4H3. The number of aromatic hydroxyl groups is 1. The van der Waals surface area contributed by atoms with Gasteiger partial charge in [0.15, 0.2) is 0 Å². The molecule has 5 nitrogen and oxygen atoms in total. The lowest BCUT2D eigenvalue weighted by Gasteiger charge is -2.16. The summed E-state index contributed by atoms with van der Waals surface area (Å²) in [6.07, 6.45) is 0.936. The van der Waals surface area contributed by atoms with E-state index in [1.54, 1.807) is 12.1 Å². The van der Waals surface area contributed by atoms with E-state index >= 15 is 0 Å². The van der Waals surface area contributed by atoms with Crippen LogP contribution >= 0.6 is 0 Å². The molecule has 5 heteroatoms. The molecule has 142 valence electrons. The largest absolute Gasteiger partial charge is 0.508 e. The first-order valence-corrected chi connectivity index (χ1v) is 9.49. The lowest BCUT2D eigenvalue weighted by atomic mass is 10.1. The zero-order valence-corrected chi connectivity index (χ0v) is 16.6. The second kappa shape index (κ2) is 7.00. The number of para-hydroxylation sites is 1. The smallest absolute Gasteiger partial charge is 0.236 e. The number of aromatic nitrogens is 3. The molecule has 28 heavy (non-hydrogen) atoms. The molecular weight excluding hydrogens is 348 g/mol. The van der Waals surface area contributed by atoms with Gasteiger partial charge in [0, 0.05) is 22.6 Å². The van der Waals surface area contributed by atoms with Crippen molar-refractivity contribution in [3.63, 3.8) is 0 Å². The van der Waals surface area contributed by atoms with Crippen LogP contribution in [-0.2, 0) is 6.42 Å². The molecule has 2 aromatic heterocycles. The van der Waals surface area contributed by atoms with E-state index in [0.717, 1.165) is 40.6 Å². The summed E-state index contributed by atoms with van der Waals surface area (Å²) < 4.78 is 2.06. The predicted molar refractivity (Wildman–Crippen MR) is 113 cm³/mol. The van der Waals surface area contributed by atoms with E-state index in [-0.39, 0.29) is 5.75 Å². The lowest BCUT2D eigenvalue weighted by molar-refractivity contribution is 0.475. The van der Waals surface area contributed by atoms with Crippen molar-refractivity contribution in [3.05, 3.63) is 71.0 Å². The molecule has 0 fully saturated rings. The number of imidazole rings is 1. The second-order valence-corrected chi connectivity index (χ2v) is 7.12. The van der Waals surface area contributed by atoms with Gasteiger partial charge in [0.1, 0.15) is 17.3 Å². The average Bonchev–Trinajstić information content (AvgIpc) is 3.02. The summed E-state index contributed by atoms with van der Waals surface area (Å²) in [5.41, 5.74) is 7.28. The molecule has 4 rings (SSSR count). The number of hydrogen-bond donors (Lipinski definition) is 2. The van der Waals surface area contributed by atoms with Crippen molar-refractivity contribution in [2.45, 2.75) is 34.1 Å². The van der Waals surface area contributed by atoms with Gasteiger partial charge in [0.25, 0.3) is 0 Å². The van der Waals surface area contributed by atoms with Gasteiger partial charge >= 0.3 is 0 Å². The van der Waals surface area contributed by atoms with Crippen LogP contribution in [0.25, 0.3) is 17.0 Å². The maximum atomic E-state index is 9.68. The van der Waals surface area contributed by atoms with Gasteiger partial charge in [-0.3, -0.25) is 4.40 Å². The minimum atomic E-state index is 0.236. The molecule has 0 bridgehead atoms. The van der Waals surface area contributed by atoms with Crippen LogP contribution in [0.15, 0.2) is 48.5 Å². The van der Waals surface area contributed by atoms with Gasteiger partial charge < -0.3 is 10.4 Å². The topological polar surface area (TPSA) is 62.5 Å². The van der Waals surface area contributed by atoms with Crippen LogP contribution in [0.2, 0.25) is 0 Å². The van der Waals surface area contributed by atoms with E-state index in [2.05, 4.69) is 59.7 Å². The highest BCUT2D eigenvalue weighted by molar-refractivity contribution is 5.81. The molecule has 0 unspecified atom stereocenters. The number of hydrogen-bond acceptors (Lipinski definition) is 4. The number of nitrogens with zero attached hydrogens (tertiary/aromatic N) is 3. The molecule has 0 saturated carbocycles. The molecule has 2 aromatic carbocycles.